The molecule has 0 aliphatic carbocycles. The number of hydrogen-bond donors (Lipinski definition) is 0. The van der Waals surface area contributed by atoms with Gasteiger partial charge >= 0.3 is 5.97 Å². The minimum Gasteiger partial charge on any atom is -0.453 e. The number of quaternary nitrogens is 2. The van der Waals surface area contributed by atoms with Crippen LogP contribution >= 0.6 is 0 Å². The van der Waals surface area contributed by atoms with Crippen molar-refractivity contribution in [3.05, 3.63) is 0 Å². The van der Waals surface area contributed by atoms with Crippen molar-refractivity contribution in [1.82, 2.24) is 0 Å². The second kappa shape index (κ2) is 5.41. The van der Waals surface area contributed by atoms with Crippen LogP contribution in [0.25, 0.3) is 0 Å². The molecular weight excluding hydrogens is 240 g/mol. The summed E-state index contributed by atoms with van der Waals surface area (Å²) in [5.74, 6) is -0.112. The van der Waals surface area contributed by atoms with Crippen LogP contribution in [0, 0.1) is 5.41 Å². The van der Waals surface area contributed by atoms with Gasteiger partial charge in [0.25, 0.3) is 0 Å². The first-order chi connectivity index (χ1) is 8.04. The van der Waals surface area contributed by atoms with E-state index in [1.807, 2.05) is 27.7 Å². The highest BCUT2D eigenvalue weighted by Crippen LogP contribution is 2.24. The molecule has 0 unspecified atom stereocenters. The number of esters is 1. The van der Waals surface area contributed by atoms with Gasteiger partial charge < -0.3 is 13.7 Å². The van der Waals surface area contributed by atoms with Gasteiger partial charge in [0.15, 0.2) is 5.60 Å². The van der Waals surface area contributed by atoms with Gasteiger partial charge in [0.2, 0.25) is 0 Å². The van der Waals surface area contributed by atoms with Gasteiger partial charge in [-0.3, -0.25) is 4.79 Å². The lowest BCUT2D eigenvalue weighted by molar-refractivity contribution is -0.877. The largest absolute Gasteiger partial charge is 0.453 e. The minimum absolute atomic E-state index is 0.112. The number of likely N-dealkylation sites (N-methyl/N-ethyl adjacent to an activating group) is 1. The first-order valence-electron chi connectivity index (χ1n) is 6.89. The van der Waals surface area contributed by atoms with Crippen LogP contribution in [0.3, 0.4) is 0 Å². The van der Waals surface area contributed by atoms with Crippen molar-refractivity contribution in [3.8, 4) is 0 Å². The maximum Gasteiger partial charge on any atom is 0.318 e. The molecule has 4 heteroatoms. The average molecular weight is 274 g/mol. The molecule has 0 fully saturated rings. The number of rotatable bonds is 6. The molecule has 0 aliphatic rings. The molecule has 0 aromatic carbocycles. The van der Waals surface area contributed by atoms with Crippen molar-refractivity contribution < 1.29 is 18.5 Å². The summed E-state index contributed by atoms with van der Waals surface area (Å²) in [4.78, 5) is 12.4. The summed E-state index contributed by atoms with van der Waals surface area (Å²) in [6, 6.07) is 0. The molecule has 0 rings (SSSR count). The first kappa shape index (κ1) is 18.4. The average Bonchev–Trinajstić information content (AvgIpc) is 1.91. The van der Waals surface area contributed by atoms with Gasteiger partial charge in [-0.25, -0.2) is 0 Å². The molecule has 0 N–H and O–H groups in total. The molecule has 0 aromatic rings. The molecule has 0 spiro atoms. The van der Waals surface area contributed by atoms with E-state index in [1.54, 1.807) is 0 Å². The number of nitrogens with zero attached hydrogens (tertiary/aromatic N) is 2. The standard InChI is InChI=1S/C15H34N2O2/c1-14(2,11-16(5,6)7)13(18)19-15(3,4)12-17(8,9)10/h11-12H2,1-10H3/q+2. The van der Waals surface area contributed by atoms with Gasteiger partial charge in [0.05, 0.1) is 48.8 Å². The molecule has 0 heterocycles. The van der Waals surface area contributed by atoms with E-state index in [0.717, 1.165) is 22.1 Å². The lowest BCUT2D eigenvalue weighted by atomic mass is 9.92. The normalized spacial score (nSPS) is 14.4. The molecule has 114 valence electrons. The second-order valence-electron chi connectivity index (χ2n) is 8.93. The van der Waals surface area contributed by atoms with Crippen LogP contribution in [0.5, 0.6) is 0 Å². The smallest absolute Gasteiger partial charge is 0.318 e. The van der Waals surface area contributed by atoms with Crippen LogP contribution in [-0.2, 0) is 9.53 Å². The molecule has 0 saturated carbocycles. The van der Waals surface area contributed by atoms with Crippen molar-refractivity contribution in [2.45, 2.75) is 33.3 Å². The van der Waals surface area contributed by atoms with Crippen LogP contribution in [0.1, 0.15) is 27.7 Å². The van der Waals surface area contributed by atoms with Crippen LogP contribution in [0.4, 0.5) is 0 Å². The second-order valence-corrected chi connectivity index (χ2v) is 8.93. The van der Waals surface area contributed by atoms with E-state index in [-0.39, 0.29) is 5.97 Å². The zero-order valence-corrected chi connectivity index (χ0v) is 14.6. The van der Waals surface area contributed by atoms with Crippen molar-refractivity contribution >= 4 is 5.97 Å². The summed E-state index contributed by atoms with van der Waals surface area (Å²) >= 11 is 0. The lowest BCUT2D eigenvalue weighted by Crippen LogP contribution is -2.52. The topological polar surface area (TPSA) is 26.3 Å². The summed E-state index contributed by atoms with van der Waals surface area (Å²) in [6.45, 7) is 9.43. The fraction of sp³-hybridized carbons (Fsp3) is 0.933. The molecule has 0 atom stereocenters. The summed E-state index contributed by atoms with van der Waals surface area (Å²) in [5, 5.41) is 0. The molecule has 0 saturated heterocycles. The molecule has 0 aliphatic heterocycles. The Hall–Kier alpha value is -0.610. The summed E-state index contributed by atoms with van der Waals surface area (Å²) in [6.07, 6.45) is 0. The highest BCUT2D eigenvalue weighted by atomic mass is 16.6. The van der Waals surface area contributed by atoms with Gasteiger partial charge in [0.1, 0.15) is 12.0 Å². The Morgan fingerprint density at radius 3 is 1.53 bits per heavy atom. The fourth-order valence-corrected chi connectivity index (χ4v) is 2.81. The number of hydrogen-bond acceptors (Lipinski definition) is 2. The molecule has 0 amide bonds. The molecule has 0 bridgehead atoms. The Morgan fingerprint density at radius 2 is 1.21 bits per heavy atom. The zero-order valence-electron chi connectivity index (χ0n) is 14.6. The van der Waals surface area contributed by atoms with E-state index in [0.29, 0.717) is 0 Å². The van der Waals surface area contributed by atoms with Crippen molar-refractivity contribution in [2.75, 3.05) is 55.4 Å². The van der Waals surface area contributed by atoms with Crippen LogP contribution in [0.15, 0.2) is 0 Å². The van der Waals surface area contributed by atoms with Crippen molar-refractivity contribution in [2.24, 2.45) is 5.41 Å². The first-order valence-corrected chi connectivity index (χ1v) is 6.89. The predicted octanol–water partition coefficient (Wildman–Crippen LogP) is 1.75. The van der Waals surface area contributed by atoms with Crippen molar-refractivity contribution in [3.63, 3.8) is 0 Å². The quantitative estimate of drug-likeness (QED) is 0.545. The van der Waals surface area contributed by atoms with E-state index >= 15 is 0 Å². The van der Waals surface area contributed by atoms with Crippen LogP contribution < -0.4 is 0 Å². The van der Waals surface area contributed by atoms with Crippen molar-refractivity contribution in [1.29, 1.82) is 0 Å². The van der Waals surface area contributed by atoms with E-state index in [4.69, 9.17) is 4.74 Å². The number of carbonyl (C=O) groups is 1. The highest BCUT2D eigenvalue weighted by molar-refractivity contribution is 5.76. The third kappa shape index (κ3) is 8.22. The van der Waals surface area contributed by atoms with E-state index in [9.17, 15) is 4.79 Å². The Kier molecular flexibility index (Phi) is 5.23. The SMILES string of the molecule is CC(C)(C[N+](C)(C)C)OC(=O)C(C)(C)C[N+](C)(C)C. The van der Waals surface area contributed by atoms with E-state index in [1.165, 1.54) is 0 Å². The zero-order chi connectivity index (χ0) is 15.7. The maximum atomic E-state index is 12.4. The third-order valence-corrected chi connectivity index (χ3v) is 2.65. The van der Waals surface area contributed by atoms with Gasteiger partial charge in [-0.15, -0.1) is 0 Å². The molecule has 0 radical (unpaired) electrons. The molecule has 4 nitrogen and oxygen atoms in total. The Labute approximate surface area is 119 Å². The Bertz CT molecular complexity index is 320. The summed E-state index contributed by atoms with van der Waals surface area (Å²) in [5.41, 5.74) is -0.919. The summed E-state index contributed by atoms with van der Waals surface area (Å²) in [7, 11) is 12.6. The van der Waals surface area contributed by atoms with E-state index < -0.39 is 11.0 Å². The Morgan fingerprint density at radius 1 is 0.842 bits per heavy atom. The van der Waals surface area contributed by atoms with E-state index in [2.05, 4.69) is 42.3 Å². The Balaban J connectivity index is 4.76. The van der Waals surface area contributed by atoms with Gasteiger partial charge in [-0.2, -0.15) is 0 Å². The van der Waals surface area contributed by atoms with Crippen LogP contribution in [-0.4, -0.2) is 75.9 Å². The summed E-state index contributed by atoms with van der Waals surface area (Å²) < 4.78 is 7.28. The lowest BCUT2D eigenvalue weighted by Gasteiger charge is -2.37. The molecule has 19 heavy (non-hydrogen) atoms. The third-order valence-electron chi connectivity index (χ3n) is 2.65. The van der Waals surface area contributed by atoms with Gasteiger partial charge in [0, 0.05) is 0 Å². The monoisotopic (exact) mass is 274 g/mol. The van der Waals surface area contributed by atoms with Crippen LogP contribution in [0.2, 0.25) is 0 Å². The minimum atomic E-state index is -0.472. The molecule has 0 aromatic heterocycles. The highest BCUT2D eigenvalue weighted by Gasteiger charge is 2.40. The predicted molar refractivity (Wildman–Crippen MR) is 79.8 cm³/mol. The maximum absolute atomic E-state index is 12.4. The fourth-order valence-electron chi connectivity index (χ4n) is 2.81. The number of ether oxygens (including phenoxy) is 1. The molecular formula is C15H34N2O2+2. The van der Waals surface area contributed by atoms with Gasteiger partial charge in [-0.1, -0.05) is 0 Å². The van der Waals surface area contributed by atoms with Gasteiger partial charge in [-0.05, 0) is 27.7 Å². The number of carbonyl (C=O) groups excluding carboxylic acids is 1.